The molecule has 0 saturated heterocycles. The first-order chi connectivity index (χ1) is 9.11. The minimum absolute atomic E-state index is 0.238. The lowest BCUT2D eigenvalue weighted by Crippen LogP contribution is -2.32. The Kier molecular flexibility index (Phi) is 5.16. The number of nitrogens with zero attached hydrogens (tertiary/aromatic N) is 2. The van der Waals surface area contributed by atoms with E-state index in [1.807, 2.05) is 18.5 Å². The molecule has 1 aliphatic rings. The van der Waals surface area contributed by atoms with E-state index in [-0.39, 0.29) is 5.78 Å². The molecule has 0 bridgehead atoms. The zero-order valence-corrected chi connectivity index (χ0v) is 13.3. The molecule has 1 saturated carbocycles. The summed E-state index contributed by atoms with van der Waals surface area (Å²) in [6.07, 6.45) is 5.46. The second kappa shape index (κ2) is 6.66. The summed E-state index contributed by atoms with van der Waals surface area (Å²) >= 11 is 3.53. The van der Waals surface area contributed by atoms with E-state index in [2.05, 4.69) is 26.3 Å². The van der Waals surface area contributed by atoms with Crippen LogP contribution in [0.1, 0.15) is 44.0 Å². The lowest BCUT2D eigenvalue weighted by molar-refractivity contribution is -0.117. The van der Waals surface area contributed by atoms with Crippen LogP contribution in [0.5, 0.6) is 0 Å². The van der Waals surface area contributed by atoms with Crippen LogP contribution in [0.2, 0.25) is 0 Å². The summed E-state index contributed by atoms with van der Waals surface area (Å²) < 4.78 is 2.89. The molecule has 0 atom stereocenters. The summed E-state index contributed by atoms with van der Waals surface area (Å²) in [7, 11) is 0. The maximum Gasteiger partial charge on any atom is 0.152 e. The quantitative estimate of drug-likeness (QED) is 0.873. The average molecular weight is 328 g/mol. The summed E-state index contributed by atoms with van der Waals surface area (Å²) in [4.78, 5) is 12.1. The first kappa shape index (κ1) is 14.7. The molecule has 0 spiro atoms. The maximum absolute atomic E-state index is 12.1. The first-order valence-corrected chi connectivity index (χ1v) is 7.88. The van der Waals surface area contributed by atoms with Gasteiger partial charge in [0.15, 0.2) is 5.78 Å². The molecule has 1 aromatic heterocycles. The van der Waals surface area contributed by atoms with E-state index in [4.69, 9.17) is 0 Å². The summed E-state index contributed by atoms with van der Waals surface area (Å²) in [6, 6.07) is 0.546. The number of carbonyl (C=O) groups excluding carboxylic acids is 1. The van der Waals surface area contributed by atoms with E-state index in [1.54, 1.807) is 0 Å². The molecule has 0 unspecified atom stereocenters. The highest BCUT2D eigenvalue weighted by atomic mass is 79.9. The fraction of sp³-hybridized carbons (Fsp3) is 0.714. The summed E-state index contributed by atoms with van der Waals surface area (Å²) in [5, 5.41) is 7.79. The van der Waals surface area contributed by atoms with Crippen molar-refractivity contribution >= 4 is 21.7 Å². The van der Waals surface area contributed by atoms with Gasteiger partial charge in [0.05, 0.1) is 28.8 Å². The van der Waals surface area contributed by atoms with Gasteiger partial charge < -0.3 is 5.32 Å². The standard InChI is InChI=1S/C14H22BrN3O/c1-3-18-13(14(15)10(2)17-18)8-12(19)9-16-11-6-4-5-7-11/h11,16H,3-9H2,1-2H3. The van der Waals surface area contributed by atoms with Crippen molar-refractivity contribution in [3.8, 4) is 0 Å². The number of aromatic nitrogens is 2. The predicted octanol–water partition coefficient (Wildman–Crippen LogP) is 2.62. The number of hydrogen-bond acceptors (Lipinski definition) is 3. The number of Topliss-reactive ketones (excluding diaryl/α,β-unsaturated/α-hetero) is 1. The first-order valence-electron chi connectivity index (χ1n) is 7.08. The van der Waals surface area contributed by atoms with Gasteiger partial charge in [-0.3, -0.25) is 9.48 Å². The van der Waals surface area contributed by atoms with Crippen molar-refractivity contribution in [2.75, 3.05) is 6.54 Å². The number of halogens is 1. The van der Waals surface area contributed by atoms with Crippen molar-refractivity contribution in [2.24, 2.45) is 0 Å². The van der Waals surface area contributed by atoms with Gasteiger partial charge in [0.25, 0.3) is 0 Å². The van der Waals surface area contributed by atoms with Gasteiger partial charge in [-0.25, -0.2) is 0 Å². The van der Waals surface area contributed by atoms with Crippen LogP contribution < -0.4 is 5.32 Å². The Bertz CT molecular complexity index is 450. The number of carbonyl (C=O) groups is 1. The monoisotopic (exact) mass is 327 g/mol. The van der Waals surface area contributed by atoms with Crippen LogP contribution in [0, 0.1) is 6.92 Å². The molecule has 5 heteroatoms. The fourth-order valence-electron chi connectivity index (χ4n) is 2.68. The molecule has 0 amide bonds. The van der Waals surface area contributed by atoms with Crippen molar-refractivity contribution in [1.82, 2.24) is 15.1 Å². The van der Waals surface area contributed by atoms with Crippen LogP contribution in [0.25, 0.3) is 0 Å². The van der Waals surface area contributed by atoms with E-state index in [0.717, 1.165) is 22.4 Å². The molecule has 1 heterocycles. The van der Waals surface area contributed by atoms with Crippen LogP contribution in [-0.4, -0.2) is 28.2 Å². The van der Waals surface area contributed by atoms with Gasteiger partial charge in [-0.2, -0.15) is 5.10 Å². The smallest absolute Gasteiger partial charge is 0.152 e. The van der Waals surface area contributed by atoms with Crippen LogP contribution in [-0.2, 0) is 17.8 Å². The molecule has 0 aliphatic heterocycles. The number of ketones is 1. The van der Waals surface area contributed by atoms with Crippen molar-refractivity contribution in [3.63, 3.8) is 0 Å². The minimum Gasteiger partial charge on any atom is -0.307 e. The van der Waals surface area contributed by atoms with E-state index in [0.29, 0.717) is 19.0 Å². The molecular formula is C14H22BrN3O. The molecule has 1 aromatic rings. The third kappa shape index (κ3) is 3.66. The second-order valence-electron chi connectivity index (χ2n) is 5.24. The van der Waals surface area contributed by atoms with Crippen LogP contribution in [0.15, 0.2) is 4.47 Å². The van der Waals surface area contributed by atoms with Crippen molar-refractivity contribution in [3.05, 3.63) is 15.9 Å². The number of aryl methyl sites for hydroxylation is 2. The van der Waals surface area contributed by atoms with Crippen LogP contribution >= 0.6 is 15.9 Å². The Morgan fingerprint density at radius 2 is 2.16 bits per heavy atom. The van der Waals surface area contributed by atoms with Crippen molar-refractivity contribution in [2.45, 2.75) is 58.5 Å². The van der Waals surface area contributed by atoms with Crippen molar-refractivity contribution < 1.29 is 4.79 Å². The lowest BCUT2D eigenvalue weighted by atomic mass is 10.2. The normalized spacial score (nSPS) is 16.2. The Morgan fingerprint density at radius 1 is 1.47 bits per heavy atom. The molecule has 19 heavy (non-hydrogen) atoms. The van der Waals surface area contributed by atoms with Gasteiger partial charge in [-0.1, -0.05) is 12.8 Å². The van der Waals surface area contributed by atoms with Gasteiger partial charge in [0, 0.05) is 12.6 Å². The highest BCUT2D eigenvalue weighted by molar-refractivity contribution is 9.10. The second-order valence-corrected chi connectivity index (χ2v) is 6.03. The Morgan fingerprint density at radius 3 is 2.79 bits per heavy atom. The Hall–Kier alpha value is -0.680. The van der Waals surface area contributed by atoms with Crippen LogP contribution in [0.4, 0.5) is 0 Å². The van der Waals surface area contributed by atoms with Gasteiger partial charge in [-0.15, -0.1) is 0 Å². The molecule has 4 nitrogen and oxygen atoms in total. The van der Waals surface area contributed by atoms with Gasteiger partial charge in [0.2, 0.25) is 0 Å². The third-order valence-corrected chi connectivity index (χ3v) is 4.79. The zero-order chi connectivity index (χ0) is 13.8. The van der Waals surface area contributed by atoms with E-state index < -0.39 is 0 Å². The average Bonchev–Trinajstić information content (AvgIpc) is 3.00. The maximum atomic E-state index is 12.1. The van der Waals surface area contributed by atoms with Gasteiger partial charge in [-0.05, 0) is 42.6 Å². The topological polar surface area (TPSA) is 46.9 Å². The fourth-order valence-corrected chi connectivity index (χ4v) is 3.10. The van der Waals surface area contributed by atoms with Gasteiger partial charge >= 0.3 is 0 Å². The number of rotatable bonds is 6. The molecule has 0 aromatic carbocycles. The summed E-state index contributed by atoms with van der Waals surface area (Å²) in [5.74, 6) is 0.238. The molecule has 106 valence electrons. The largest absolute Gasteiger partial charge is 0.307 e. The Labute approximate surface area is 123 Å². The minimum atomic E-state index is 0.238. The van der Waals surface area contributed by atoms with E-state index >= 15 is 0 Å². The zero-order valence-electron chi connectivity index (χ0n) is 11.7. The van der Waals surface area contributed by atoms with E-state index in [9.17, 15) is 4.79 Å². The molecule has 1 fully saturated rings. The van der Waals surface area contributed by atoms with Crippen LogP contribution in [0.3, 0.4) is 0 Å². The molecule has 2 rings (SSSR count). The predicted molar refractivity (Wildman–Crippen MR) is 79.3 cm³/mol. The highest BCUT2D eigenvalue weighted by Crippen LogP contribution is 2.22. The Balaban J connectivity index is 1.90. The third-order valence-electron chi connectivity index (χ3n) is 3.76. The van der Waals surface area contributed by atoms with Crippen molar-refractivity contribution in [1.29, 1.82) is 0 Å². The van der Waals surface area contributed by atoms with E-state index in [1.165, 1.54) is 25.7 Å². The summed E-state index contributed by atoms with van der Waals surface area (Å²) in [6.45, 7) is 5.28. The molecule has 1 N–H and O–H groups in total. The molecular weight excluding hydrogens is 306 g/mol. The molecule has 1 aliphatic carbocycles. The SMILES string of the molecule is CCn1nc(C)c(Br)c1CC(=O)CNC1CCCC1. The summed E-state index contributed by atoms with van der Waals surface area (Å²) in [5.41, 5.74) is 1.95. The lowest BCUT2D eigenvalue weighted by Gasteiger charge is -2.11. The number of hydrogen-bond donors (Lipinski definition) is 1. The number of nitrogens with one attached hydrogen (secondary N) is 1. The highest BCUT2D eigenvalue weighted by Gasteiger charge is 2.18. The van der Waals surface area contributed by atoms with Gasteiger partial charge in [0.1, 0.15) is 0 Å². The molecule has 0 radical (unpaired) electrons.